The maximum atomic E-state index is 12.4. The Kier molecular flexibility index (Phi) is 4.32. The maximum Gasteiger partial charge on any atom is 0.291 e. The van der Waals surface area contributed by atoms with Crippen molar-refractivity contribution in [1.82, 2.24) is 0 Å². The summed E-state index contributed by atoms with van der Waals surface area (Å²) in [6, 6.07) is 14.4. The lowest BCUT2D eigenvalue weighted by Crippen LogP contribution is -2.11. The Balaban J connectivity index is 1.82. The van der Waals surface area contributed by atoms with Gasteiger partial charge in [-0.05, 0) is 61.4 Å². The van der Waals surface area contributed by atoms with E-state index >= 15 is 0 Å². The molecule has 1 aromatic heterocycles. The molecule has 2 aromatic carbocycles. The van der Waals surface area contributed by atoms with Crippen LogP contribution in [-0.4, -0.2) is 5.91 Å². The van der Waals surface area contributed by atoms with E-state index < -0.39 is 0 Å². The molecule has 0 aliphatic heterocycles. The van der Waals surface area contributed by atoms with Gasteiger partial charge in [0.2, 0.25) is 0 Å². The van der Waals surface area contributed by atoms with E-state index in [1.54, 1.807) is 30.3 Å². The zero-order chi connectivity index (χ0) is 17.3. The third kappa shape index (κ3) is 3.29. The van der Waals surface area contributed by atoms with Gasteiger partial charge in [0.05, 0.1) is 0 Å². The number of hydrogen-bond donors (Lipinski definition) is 2. The van der Waals surface area contributed by atoms with Gasteiger partial charge in [0.15, 0.2) is 5.76 Å². The number of nitrogen functional groups attached to an aromatic ring is 1. The first-order chi connectivity index (χ1) is 11.4. The van der Waals surface area contributed by atoms with Gasteiger partial charge < -0.3 is 15.5 Å². The van der Waals surface area contributed by atoms with Crippen molar-refractivity contribution in [1.29, 1.82) is 0 Å². The highest BCUT2D eigenvalue weighted by molar-refractivity contribution is 6.31. The van der Waals surface area contributed by atoms with Crippen molar-refractivity contribution < 1.29 is 9.21 Å². The number of halogens is 1. The van der Waals surface area contributed by atoms with Gasteiger partial charge in [-0.1, -0.05) is 23.7 Å². The number of rotatable bonds is 3. The molecule has 0 bridgehead atoms. The van der Waals surface area contributed by atoms with E-state index in [9.17, 15) is 4.79 Å². The lowest BCUT2D eigenvalue weighted by molar-refractivity contribution is 0.0997. The van der Waals surface area contributed by atoms with Crippen LogP contribution in [0, 0.1) is 13.8 Å². The van der Waals surface area contributed by atoms with E-state index in [2.05, 4.69) is 5.32 Å². The predicted octanol–water partition coefficient (Wildman–Crippen LogP) is 5.05. The molecule has 0 unspecified atom stereocenters. The number of benzene rings is 2. The van der Waals surface area contributed by atoms with Crippen LogP contribution in [0.4, 0.5) is 11.4 Å². The number of carbonyl (C=O) groups is 1. The van der Waals surface area contributed by atoms with E-state index in [1.165, 1.54) is 0 Å². The molecule has 24 heavy (non-hydrogen) atoms. The third-order valence-electron chi connectivity index (χ3n) is 3.78. The Morgan fingerprint density at radius 3 is 2.54 bits per heavy atom. The number of carbonyl (C=O) groups excluding carboxylic acids is 1. The van der Waals surface area contributed by atoms with Gasteiger partial charge in [0.1, 0.15) is 5.76 Å². The average molecular weight is 341 g/mol. The Morgan fingerprint density at radius 1 is 1.04 bits per heavy atom. The van der Waals surface area contributed by atoms with Gasteiger partial charge in [0, 0.05) is 22.0 Å². The molecule has 0 aliphatic carbocycles. The van der Waals surface area contributed by atoms with E-state index in [0.717, 1.165) is 16.7 Å². The fraction of sp³-hybridized carbons (Fsp3) is 0.105. The quantitative estimate of drug-likeness (QED) is 0.655. The standard InChI is InChI=1S/C19H17ClN2O2/c1-11-3-4-13(10-15(11)20)17-7-8-18(24-17)19(23)22-16-6-5-14(21)9-12(16)2/h3-10H,21H2,1-2H3,(H,22,23). The predicted molar refractivity (Wildman–Crippen MR) is 97.4 cm³/mol. The Bertz CT molecular complexity index is 915. The van der Waals surface area contributed by atoms with Gasteiger partial charge in [-0.3, -0.25) is 4.79 Å². The van der Waals surface area contributed by atoms with E-state index in [-0.39, 0.29) is 11.7 Å². The first kappa shape index (κ1) is 16.1. The SMILES string of the molecule is Cc1ccc(-c2ccc(C(=O)Nc3ccc(N)cc3C)o2)cc1Cl. The van der Waals surface area contributed by atoms with Crippen molar-refractivity contribution in [2.24, 2.45) is 0 Å². The molecule has 0 saturated carbocycles. The monoisotopic (exact) mass is 340 g/mol. The summed E-state index contributed by atoms with van der Waals surface area (Å²) in [5, 5.41) is 3.48. The van der Waals surface area contributed by atoms with Gasteiger partial charge >= 0.3 is 0 Å². The van der Waals surface area contributed by atoms with Crippen molar-refractivity contribution in [2.75, 3.05) is 11.1 Å². The minimum Gasteiger partial charge on any atom is -0.451 e. The van der Waals surface area contributed by atoms with Gasteiger partial charge in [0.25, 0.3) is 5.91 Å². The zero-order valence-corrected chi connectivity index (χ0v) is 14.1. The molecule has 0 spiro atoms. The zero-order valence-electron chi connectivity index (χ0n) is 13.4. The van der Waals surface area contributed by atoms with Crippen LogP contribution in [0.3, 0.4) is 0 Å². The van der Waals surface area contributed by atoms with Crippen molar-refractivity contribution >= 4 is 28.9 Å². The lowest BCUT2D eigenvalue weighted by atomic mass is 10.1. The highest BCUT2D eigenvalue weighted by atomic mass is 35.5. The Hall–Kier alpha value is -2.72. The first-order valence-electron chi connectivity index (χ1n) is 7.48. The number of furan rings is 1. The average Bonchev–Trinajstić information content (AvgIpc) is 3.03. The molecule has 3 N–H and O–H groups in total. The highest BCUT2D eigenvalue weighted by Gasteiger charge is 2.14. The summed E-state index contributed by atoms with van der Waals surface area (Å²) < 4.78 is 5.67. The maximum absolute atomic E-state index is 12.4. The molecule has 0 atom stereocenters. The molecule has 0 fully saturated rings. The van der Waals surface area contributed by atoms with E-state index in [4.69, 9.17) is 21.8 Å². The number of hydrogen-bond acceptors (Lipinski definition) is 3. The minimum atomic E-state index is -0.313. The largest absolute Gasteiger partial charge is 0.451 e. The summed E-state index contributed by atoms with van der Waals surface area (Å²) in [4.78, 5) is 12.4. The molecule has 0 aliphatic rings. The second-order valence-corrected chi connectivity index (χ2v) is 6.06. The van der Waals surface area contributed by atoms with E-state index in [0.29, 0.717) is 22.2 Å². The molecule has 1 heterocycles. The van der Waals surface area contributed by atoms with Crippen LogP contribution in [0.1, 0.15) is 21.7 Å². The molecule has 3 aromatic rings. The van der Waals surface area contributed by atoms with Crippen LogP contribution in [0.25, 0.3) is 11.3 Å². The molecular formula is C19H17ClN2O2. The Labute approximate surface area is 145 Å². The molecule has 4 nitrogen and oxygen atoms in total. The highest BCUT2D eigenvalue weighted by Crippen LogP contribution is 2.27. The number of nitrogens with two attached hydrogens (primary N) is 1. The van der Waals surface area contributed by atoms with Crippen LogP contribution in [-0.2, 0) is 0 Å². The van der Waals surface area contributed by atoms with Crippen LogP contribution < -0.4 is 11.1 Å². The van der Waals surface area contributed by atoms with Gasteiger partial charge in [-0.2, -0.15) is 0 Å². The lowest BCUT2D eigenvalue weighted by Gasteiger charge is -2.07. The fourth-order valence-corrected chi connectivity index (χ4v) is 2.55. The number of nitrogens with one attached hydrogen (secondary N) is 1. The Morgan fingerprint density at radius 2 is 1.83 bits per heavy atom. The number of aryl methyl sites for hydroxylation is 2. The molecule has 3 rings (SSSR count). The molecule has 0 radical (unpaired) electrons. The molecule has 122 valence electrons. The second kappa shape index (κ2) is 6.42. The van der Waals surface area contributed by atoms with Crippen LogP contribution in [0.2, 0.25) is 5.02 Å². The van der Waals surface area contributed by atoms with Crippen LogP contribution in [0.5, 0.6) is 0 Å². The second-order valence-electron chi connectivity index (χ2n) is 5.66. The summed E-state index contributed by atoms with van der Waals surface area (Å²) in [6.45, 7) is 3.82. The third-order valence-corrected chi connectivity index (χ3v) is 4.19. The number of amides is 1. The topological polar surface area (TPSA) is 68.3 Å². The normalized spacial score (nSPS) is 10.6. The summed E-state index contributed by atoms with van der Waals surface area (Å²) in [5.74, 6) is 0.515. The van der Waals surface area contributed by atoms with Crippen molar-refractivity contribution in [3.63, 3.8) is 0 Å². The van der Waals surface area contributed by atoms with Crippen molar-refractivity contribution in [2.45, 2.75) is 13.8 Å². The minimum absolute atomic E-state index is 0.234. The van der Waals surface area contributed by atoms with Crippen LogP contribution >= 0.6 is 11.6 Å². The van der Waals surface area contributed by atoms with E-state index in [1.807, 2.05) is 32.0 Å². The summed E-state index contributed by atoms with van der Waals surface area (Å²) >= 11 is 6.14. The summed E-state index contributed by atoms with van der Waals surface area (Å²) in [6.07, 6.45) is 0. The smallest absolute Gasteiger partial charge is 0.291 e. The molecular weight excluding hydrogens is 324 g/mol. The van der Waals surface area contributed by atoms with Crippen molar-refractivity contribution in [3.05, 3.63) is 70.4 Å². The summed E-state index contributed by atoms with van der Waals surface area (Å²) in [5.41, 5.74) is 9.78. The molecule has 0 saturated heterocycles. The van der Waals surface area contributed by atoms with Gasteiger partial charge in [-0.25, -0.2) is 0 Å². The molecule has 1 amide bonds. The molecule has 5 heteroatoms. The first-order valence-corrected chi connectivity index (χ1v) is 7.85. The summed E-state index contributed by atoms with van der Waals surface area (Å²) in [7, 11) is 0. The van der Waals surface area contributed by atoms with Crippen LogP contribution in [0.15, 0.2) is 52.9 Å². The van der Waals surface area contributed by atoms with Crippen molar-refractivity contribution in [3.8, 4) is 11.3 Å². The fourth-order valence-electron chi connectivity index (χ4n) is 2.37. The number of anilines is 2. The van der Waals surface area contributed by atoms with Gasteiger partial charge in [-0.15, -0.1) is 0 Å².